The van der Waals surface area contributed by atoms with E-state index in [4.69, 9.17) is 0 Å². The van der Waals surface area contributed by atoms with Crippen molar-refractivity contribution in [2.75, 3.05) is 0 Å². The van der Waals surface area contributed by atoms with Gasteiger partial charge in [-0.1, -0.05) is 36.4 Å². The van der Waals surface area contributed by atoms with Crippen molar-refractivity contribution in [3.05, 3.63) is 82.5 Å². The Hall–Kier alpha value is -2.66. The van der Waals surface area contributed by atoms with Crippen LogP contribution >= 0.6 is 15.9 Å². The number of hydrazone groups is 1. The summed E-state index contributed by atoms with van der Waals surface area (Å²) in [5.74, 6) is -0.254. The number of amides is 1. The Morgan fingerprint density at radius 2 is 1.96 bits per heavy atom. The lowest BCUT2D eigenvalue weighted by Gasteiger charge is -2.04. The van der Waals surface area contributed by atoms with Crippen molar-refractivity contribution < 1.29 is 4.79 Å². The first kappa shape index (κ1) is 17.2. The van der Waals surface area contributed by atoms with E-state index >= 15 is 0 Å². The van der Waals surface area contributed by atoms with E-state index < -0.39 is 0 Å². The third-order valence-electron chi connectivity index (χ3n) is 4.07. The lowest BCUT2D eigenvalue weighted by atomic mass is 10.1. The van der Waals surface area contributed by atoms with Gasteiger partial charge in [0.25, 0.3) is 5.91 Å². The van der Waals surface area contributed by atoms with Crippen LogP contribution in [-0.4, -0.2) is 16.7 Å². The Bertz CT molecular complexity index is 972. The molecule has 0 atom stereocenters. The first-order chi connectivity index (χ1) is 12.1. The number of halogens is 1. The van der Waals surface area contributed by atoms with Gasteiger partial charge in [-0.2, -0.15) is 5.10 Å². The number of rotatable bonds is 5. The molecular weight excluding hydrogens is 378 g/mol. The zero-order chi connectivity index (χ0) is 17.8. The standard InChI is InChI=1S/C20H18BrN3O/c1-3-12-24-14(2)17(15-8-5-7-11-19(15)24)13-22-23-20(25)16-9-4-6-10-18(16)21/h3-11,13H,1,12H2,2H3,(H,23,25)/b22-13-. The molecule has 3 rings (SSSR count). The second-order valence-electron chi connectivity index (χ2n) is 5.59. The minimum absolute atomic E-state index is 0.254. The summed E-state index contributed by atoms with van der Waals surface area (Å²) >= 11 is 3.37. The number of para-hydroxylation sites is 1. The number of fused-ring (bicyclic) bond motifs is 1. The highest BCUT2D eigenvalue weighted by molar-refractivity contribution is 9.10. The van der Waals surface area contributed by atoms with E-state index in [0.29, 0.717) is 5.56 Å². The van der Waals surface area contributed by atoms with E-state index in [9.17, 15) is 4.79 Å². The molecule has 0 spiro atoms. The third-order valence-corrected chi connectivity index (χ3v) is 4.76. The molecule has 4 nitrogen and oxygen atoms in total. The number of nitrogens with one attached hydrogen (secondary N) is 1. The summed E-state index contributed by atoms with van der Waals surface area (Å²) in [5, 5.41) is 5.26. The minimum Gasteiger partial charge on any atom is -0.340 e. The summed E-state index contributed by atoms with van der Waals surface area (Å²) in [4.78, 5) is 12.2. The molecular formula is C20H18BrN3O. The SMILES string of the molecule is C=CCn1c(C)c(/C=N\NC(=O)c2ccccc2Br)c2ccccc21. The number of carbonyl (C=O) groups excluding carboxylic acids is 1. The zero-order valence-electron chi connectivity index (χ0n) is 13.9. The Kier molecular flexibility index (Phi) is 5.14. The van der Waals surface area contributed by atoms with Crippen LogP contribution in [0.4, 0.5) is 0 Å². The molecule has 0 fully saturated rings. The van der Waals surface area contributed by atoms with Crippen LogP contribution in [-0.2, 0) is 6.54 Å². The number of nitrogens with zero attached hydrogens (tertiary/aromatic N) is 2. The fourth-order valence-electron chi connectivity index (χ4n) is 2.85. The Labute approximate surface area is 155 Å². The van der Waals surface area contributed by atoms with Crippen LogP contribution in [0.15, 0.2) is 70.8 Å². The molecule has 0 saturated heterocycles. The minimum atomic E-state index is -0.254. The van der Waals surface area contributed by atoms with Crippen LogP contribution in [0.1, 0.15) is 21.6 Å². The Balaban J connectivity index is 1.89. The van der Waals surface area contributed by atoms with E-state index in [1.54, 1.807) is 12.3 Å². The highest BCUT2D eigenvalue weighted by atomic mass is 79.9. The molecule has 0 radical (unpaired) electrons. The average Bonchev–Trinajstić information content (AvgIpc) is 2.88. The topological polar surface area (TPSA) is 46.4 Å². The van der Waals surface area contributed by atoms with E-state index in [-0.39, 0.29) is 5.91 Å². The van der Waals surface area contributed by atoms with E-state index in [2.05, 4.69) is 49.7 Å². The number of benzene rings is 2. The van der Waals surface area contributed by atoms with E-state index in [1.165, 1.54) is 0 Å². The molecule has 0 saturated carbocycles. The van der Waals surface area contributed by atoms with Gasteiger partial charge in [0.2, 0.25) is 0 Å². The maximum Gasteiger partial charge on any atom is 0.272 e. The van der Waals surface area contributed by atoms with Crippen molar-refractivity contribution in [3.8, 4) is 0 Å². The van der Waals surface area contributed by atoms with Crippen molar-refractivity contribution >= 4 is 39.0 Å². The van der Waals surface area contributed by atoms with Crippen LogP contribution in [0.5, 0.6) is 0 Å². The molecule has 0 aliphatic rings. The summed E-state index contributed by atoms with van der Waals surface area (Å²) < 4.78 is 2.92. The van der Waals surface area contributed by atoms with Crippen molar-refractivity contribution in [3.63, 3.8) is 0 Å². The number of carbonyl (C=O) groups is 1. The van der Waals surface area contributed by atoms with Gasteiger partial charge in [0.1, 0.15) is 0 Å². The van der Waals surface area contributed by atoms with Crippen molar-refractivity contribution in [2.24, 2.45) is 5.10 Å². The van der Waals surface area contributed by atoms with Gasteiger partial charge in [0.15, 0.2) is 0 Å². The lowest BCUT2D eigenvalue weighted by molar-refractivity contribution is 0.0954. The van der Waals surface area contributed by atoms with Crippen LogP contribution in [0.3, 0.4) is 0 Å². The molecule has 3 aromatic rings. The van der Waals surface area contributed by atoms with Crippen molar-refractivity contribution in [1.82, 2.24) is 9.99 Å². The average molecular weight is 396 g/mol. The molecule has 0 aliphatic carbocycles. The molecule has 25 heavy (non-hydrogen) atoms. The molecule has 0 unspecified atom stereocenters. The van der Waals surface area contributed by atoms with Crippen LogP contribution in [0, 0.1) is 6.92 Å². The number of hydrogen-bond acceptors (Lipinski definition) is 2. The van der Waals surface area contributed by atoms with Gasteiger partial charge in [-0.25, -0.2) is 5.43 Å². The first-order valence-corrected chi connectivity index (χ1v) is 8.69. The highest BCUT2D eigenvalue weighted by Gasteiger charge is 2.12. The fourth-order valence-corrected chi connectivity index (χ4v) is 3.31. The molecule has 0 aliphatic heterocycles. The summed E-state index contributed by atoms with van der Waals surface area (Å²) in [6, 6.07) is 15.4. The summed E-state index contributed by atoms with van der Waals surface area (Å²) in [7, 11) is 0. The van der Waals surface area contributed by atoms with Gasteiger partial charge in [-0.05, 0) is 41.1 Å². The fraction of sp³-hybridized carbons (Fsp3) is 0.100. The van der Waals surface area contributed by atoms with Crippen LogP contribution in [0.25, 0.3) is 10.9 Å². The summed E-state index contributed by atoms with van der Waals surface area (Å²) in [6.07, 6.45) is 3.57. The zero-order valence-corrected chi connectivity index (χ0v) is 15.5. The maximum atomic E-state index is 12.2. The molecule has 0 bridgehead atoms. The van der Waals surface area contributed by atoms with Gasteiger partial charge in [-0.15, -0.1) is 6.58 Å². The quantitative estimate of drug-likeness (QED) is 0.381. The smallest absolute Gasteiger partial charge is 0.272 e. The lowest BCUT2D eigenvalue weighted by Crippen LogP contribution is -2.18. The Morgan fingerprint density at radius 3 is 2.72 bits per heavy atom. The third kappa shape index (κ3) is 3.42. The summed E-state index contributed by atoms with van der Waals surface area (Å²) in [5.41, 5.74) is 6.34. The molecule has 1 heterocycles. The van der Waals surface area contributed by atoms with Crippen molar-refractivity contribution in [2.45, 2.75) is 13.5 Å². The predicted molar refractivity (Wildman–Crippen MR) is 106 cm³/mol. The van der Waals surface area contributed by atoms with E-state index in [0.717, 1.165) is 33.2 Å². The van der Waals surface area contributed by atoms with Gasteiger partial charge in [0, 0.05) is 33.2 Å². The number of hydrogen-bond donors (Lipinski definition) is 1. The Morgan fingerprint density at radius 1 is 1.24 bits per heavy atom. The number of allylic oxidation sites excluding steroid dienone is 1. The van der Waals surface area contributed by atoms with Gasteiger partial charge < -0.3 is 4.57 Å². The monoisotopic (exact) mass is 395 g/mol. The second-order valence-corrected chi connectivity index (χ2v) is 6.45. The number of aromatic nitrogens is 1. The van der Waals surface area contributed by atoms with Crippen LogP contribution < -0.4 is 5.43 Å². The summed E-state index contributed by atoms with van der Waals surface area (Å²) in [6.45, 7) is 6.59. The van der Waals surface area contributed by atoms with Crippen LogP contribution in [0.2, 0.25) is 0 Å². The predicted octanol–water partition coefficient (Wildman–Crippen LogP) is 4.66. The first-order valence-electron chi connectivity index (χ1n) is 7.90. The molecule has 1 aromatic heterocycles. The van der Waals surface area contributed by atoms with Crippen molar-refractivity contribution in [1.29, 1.82) is 0 Å². The molecule has 5 heteroatoms. The molecule has 2 aromatic carbocycles. The van der Waals surface area contributed by atoms with E-state index in [1.807, 2.05) is 43.3 Å². The maximum absolute atomic E-state index is 12.2. The molecule has 1 N–H and O–H groups in total. The largest absolute Gasteiger partial charge is 0.340 e. The van der Waals surface area contributed by atoms with Gasteiger partial charge in [0.05, 0.1) is 11.8 Å². The molecule has 126 valence electrons. The van der Waals surface area contributed by atoms with Gasteiger partial charge >= 0.3 is 0 Å². The normalized spacial score (nSPS) is 11.1. The highest BCUT2D eigenvalue weighted by Crippen LogP contribution is 2.24. The second kappa shape index (κ2) is 7.49. The molecule has 1 amide bonds. The van der Waals surface area contributed by atoms with Gasteiger partial charge in [-0.3, -0.25) is 4.79 Å².